The Balaban J connectivity index is 2.41. The highest BCUT2D eigenvalue weighted by molar-refractivity contribution is 6.35. The minimum Gasteiger partial charge on any atom is -0.478 e. The smallest absolute Gasteiger partial charge is 0.336 e. The highest BCUT2D eigenvalue weighted by atomic mass is 35.5. The van der Waals surface area contributed by atoms with Crippen LogP contribution >= 0.6 is 11.6 Å². The summed E-state index contributed by atoms with van der Waals surface area (Å²) >= 11 is 6.16. The van der Waals surface area contributed by atoms with Gasteiger partial charge in [0, 0.05) is 11.9 Å². The molecule has 2 rings (SSSR count). The molecule has 1 aromatic heterocycles. The van der Waals surface area contributed by atoms with Gasteiger partial charge in [-0.2, -0.15) is 0 Å². The first kappa shape index (κ1) is 15.7. The topological polar surface area (TPSA) is 53.4 Å². The van der Waals surface area contributed by atoms with Crippen molar-refractivity contribution in [3.05, 3.63) is 40.5 Å². The van der Waals surface area contributed by atoms with Crippen LogP contribution in [0, 0.1) is 0 Å². The summed E-state index contributed by atoms with van der Waals surface area (Å²) in [6, 6.07) is 6.85. The maximum Gasteiger partial charge on any atom is 0.336 e. The molecule has 4 nitrogen and oxygen atoms in total. The predicted molar refractivity (Wildman–Crippen MR) is 85.0 cm³/mol. The number of benzene rings is 1. The van der Waals surface area contributed by atoms with Crippen LogP contribution in [-0.2, 0) is 6.54 Å². The van der Waals surface area contributed by atoms with Gasteiger partial charge in [-0.05, 0) is 32.1 Å². The number of carbonyl (C=O) groups is 1. The molecule has 0 radical (unpaired) electrons. The fourth-order valence-corrected chi connectivity index (χ4v) is 2.52. The number of rotatable bonds is 6. The van der Waals surface area contributed by atoms with Crippen LogP contribution in [0.15, 0.2) is 24.3 Å². The van der Waals surface area contributed by atoms with Crippen molar-refractivity contribution in [3.63, 3.8) is 0 Å². The number of hydrogen-bond acceptors (Lipinski definition) is 3. The molecular formula is C16H19ClN2O2. The van der Waals surface area contributed by atoms with Gasteiger partial charge in [-0.25, -0.2) is 9.78 Å². The molecule has 0 aliphatic carbocycles. The quantitative estimate of drug-likeness (QED) is 0.881. The van der Waals surface area contributed by atoms with Crippen molar-refractivity contribution in [2.75, 3.05) is 13.6 Å². The zero-order valence-corrected chi connectivity index (χ0v) is 13.0. The molecule has 5 heteroatoms. The number of para-hydroxylation sites is 1. The first-order chi connectivity index (χ1) is 10.0. The van der Waals surface area contributed by atoms with E-state index in [9.17, 15) is 9.90 Å². The van der Waals surface area contributed by atoms with Gasteiger partial charge in [-0.3, -0.25) is 0 Å². The Morgan fingerprint density at radius 2 is 2.19 bits per heavy atom. The number of pyridine rings is 1. The van der Waals surface area contributed by atoms with Crippen LogP contribution in [0.3, 0.4) is 0 Å². The first-order valence-electron chi connectivity index (χ1n) is 7.03. The van der Waals surface area contributed by atoms with Gasteiger partial charge in [0.05, 0.1) is 21.8 Å². The molecule has 0 unspecified atom stereocenters. The molecule has 0 saturated carbocycles. The third-order valence-electron chi connectivity index (χ3n) is 3.40. The molecule has 0 saturated heterocycles. The molecule has 1 heterocycles. The fourth-order valence-electron chi connectivity index (χ4n) is 2.31. The van der Waals surface area contributed by atoms with Crippen LogP contribution in [0.25, 0.3) is 10.9 Å². The Morgan fingerprint density at radius 1 is 1.43 bits per heavy atom. The van der Waals surface area contributed by atoms with E-state index >= 15 is 0 Å². The lowest BCUT2D eigenvalue weighted by molar-refractivity contribution is 0.0698. The molecule has 112 valence electrons. The maximum atomic E-state index is 11.5. The van der Waals surface area contributed by atoms with Crippen molar-refractivity contribution in [1.82, 2.24) is 9.88 Å². The summed E-state index contributed by atoms with van der Waals surface area (Å²) in [5.41, 5.74) is 1.53. The van der Waals surface area contributed by atoms with E-state index in [0.717, 1.165) is 25.1 Å². The minimum atomic E-state index is -0.956. The largest absolute Gasteiger partial charge is 0.478 e. The van der Waals surface area contributed by atoms with Gasteiger partial charge in [-0.1, -0.05) is 37.1 Å². The standard InChI is InChI=1S/C16H19ClN2O2/c1-3-4-8-19(2)10-11-9-13(16(20)21)12-6-5-7-14(17)15(12)18-11/h5-7,9H,3-4,8,10H2,1-2H3,(H,20,21). The number of carboxylic acid groups (broad SMARTS) is 1. The number of unbranched alkanes of at least 4 members (excludes halogenated alkanes) is 1. The Kier molecular flexibility index (Phi) is 5.15. The number of aromatic carboxylic acids is 1. The summed E-state index contributed by atoms with van der Waals surface area (Å²) in [6.07, 6.45) is 2.23. The minimum absolute atomic E-state index is 0.251. The lowest BCUT2D eigenvalue weighted by Gasteiger charge is -2.16. The van der Waals surface area contributed by atoms with E-state index in [0.29, 0.717) is 22.5 Å². The molecule has 0 fully saturated rings. The van der Waals surface area contributed by atoms with E-state index in [4.69, 9.17) is 11.6 Å². The Bertz CT molecular complexity index is 658. The molecule has 2 aromatic rings. The van der Waals surface area contributed by atoms with Crippen LogP contribution in [0.4, 0.5) is 0 Å². The summed E-state index contributed by atoms with van der Waals surface area (Å²) in [6.45, 7) is 3.72. The Labute approximate surface area is 129 Å². The number of aromatic nitrogens is 1. The molecule has 1 aromatic carbocycles. The number of hydrogen-bond donors (Lipinski definition) is 1. The van der Waals surface area contributed by atoms with Gasteiger partial charge in [-0.15, -0.1) is 0 Å². The Hall–Kier alpha value is -1.65. The predicted octanol–water partition coefficient (Wildman–Crippen LogP) is 3.82. The van der Waals surface area contributed by atoms with Crippen molar-refractivity contribution in [2.24, 2.45) is 0 Å². The molecule has 0 spiro atoms. The first-order valence-corrected chi connectivity index (χ1v) is 7.40. The van der Waals surface area contributed by atoms with E-state index in [1.54, 1.807) is 24.3 Å². The number of nitrogens with zero attached hydrogens (tertiary/aromatic N) is 2. The SMILES string of the molecule is CCCCN(C)Cc1cc(C(=O)O)c2cccc(Cl)c2n1. The molecule has 0 aliphatic rings. The summed E-state index contributed by atoms with van der Waals surface area (Å²) in [5.74, 6) is -0.956. The molecular weight excluding hydrogens is 288 g/mol. The molecule has 0 amide bonds. The second-order valence-electron chi connectivity index (χ2n) is 5.19. The van der Waals surface area contributed by atoms with Crippen molar-refractivity contribution >= 4 is 28.5 Å². The van der Waals surface area contributed by atoms with Crippen LogP contribution in [0.2, 0.25) is 5.02 Å². The van der Waals surface area contributed by atoms with Crippen molar-refractivity contribution in [3.8, 4) is 0 Å². The average Bonchev–Trinajstić information content (AvgIpc) is 2.45. The highest BCUT2D eigenvalue weighted by Crippen LogP contribution is 2.25. The summed E-state index contributed by atoms with van der Waals surface area (Å²) in [5, 5.41) is 10.4. The number of halogens is 1. The van der Waals surface area contributed by atoms with E-state index < -0.39 is 5.97 Å². The number of fused-ring (bicyclic) bond motifs is 1. The van der Waals surface area contributed by atoms with Crippen molar-refractivity contribution in [1.29, 1.82) is 0 Å². The van der Waals surface area contributed by atoms with Gasteiger partial charge in [0.2, 0.25) is 0 Å². The molecule has 0 atom stereocenters. The second kappa shape index (κ2) is 6.87. The lowest BCUT2D eigenvalue weighted by Crippen LogP contribution is -2.20. The van der Waals surface area contributed by atoms with E-state index in [1.807, 2.05) is 7.05 Å². The van der Waals surface area contributed by atoms with Crippen molar-refractivity contribution < 1.29 is 9.90 Å². The van der Waals surface area contributed by atoms with Crippen LogP contribution < -0.4 is 0 Å². The average molecular weight is 307 g/mol. The maximum absolute atomic E-state index is 11.5. The molecule has 1 N–H and O–H groups in total. The summed E-state index contributed by atoms with van der Waals surface area (Å²) in [4.78, 5) is 18.1. The van der Waals surface area contributed by atoms with Gasteiger partial charge >= 0.3 is 5.97 Å². The van der Waals surface area contributed by atoms with Crippen LogP contribution in [0.1, 0.15) is 35.8 Å². The fraction of sp³-hybridized carbons (Fsp3) is 0.375. The van der Waals surface area contributed by atoms with Crippen LogP contribution in [0.5, 0.6) is 0 Å². The molecule has 21 heavy (non-hydrogen) atoms. The summed E-state index contributed by atoms with van der Waals surface area (Å²) in [7, 11) is 2.01. The van der Waals surface area contributed by atoms with Gasteiger partial charge in [0.15, 0.2) is 0 Å². The third-order valence-corrected chi connectivity index (χ3v) is 3.70. The monoisotopic (exact) mass is 306 g/mol. The molecule has 0 aliphatic heterocycles. The number of carboxylic acids is 1. The molecule has 0 bridgehead atoms. The highest BCUT2D eigenvalue weighted by Gasteiger charge is 2.14. The Morgan fingerprint density at radius 3 is 2.86 bits per heavy atom. The van der Waals surface area contributed by atoms with Crippen molar-refractivity contribution in [2.45, 2.75) is 26.3 Å². The summed E-state index contributed by atoms with van der Waals surface area (Å²) < 4.78 is 0. The van der Waals surface area contributed by atoms with E-state index in [1.165, 1.54) is 0 Å². The van der Waals surface area contributed by atoms with Crippen LogP contribution in [-0.4, -0.2) is 34.6 Å². The third kappa shape index (κ3) is 3.71. The second-order valence-corrected chi connectivity index (χ2v) is 5.60. The van der Waals surface area contributed by atoms with Gasteiger partial charge in [0.1, 0.15) is 0 Å². The van der Waals surface area contributed by atoms with Gasteiger partial charge < -0.3 is 10.0 Å². The zero-order chi connectivity index (χ0) is 15.4. The van der Waals surface area contributed by atoms with E-state index in [2.05, 4.69) is 16.8 Å². The van der Waals surface area contributed by atoms with Gasteiger partial charge in [0.25, 0.3) is 0 Å². The normalized spacial score (nSPS) is 11.2. The van der Waals surface area contributed by atoms with E-state index in [-0.39, 0.29) is 5.56 Å². The zero-order valence-electron chi connectivity index (χ0n) is 12.3. The lowest BCUT2D eigenvalue weighted by atomic mass is 10.1.